The van der Waals surface area contributed by atoms with Crippen molar-refractivity contribution in [3.8, 4) is 0 Å². The number of nitrogens with zero attached hydrogens (tertiary/aromatic N) is 3. The summed E-state index contributed by atoms with van der Waals surface area (Å²) in [5, 5.41) is 1.25. The van der Waals surface area contributed by atoms with Crippen molar-refractivity contribution in [2.24, 2.45) is 12.0 Å². The van der Waals surface area contributed by atoms with Crippen molar-refractivity contribution in [3.63, 3.8) is 0 Å². The smallest absolute Gasteiger partial charge is 0.0631 e. The Morgan fingerprint density at radius 2 is 1.67 bits per heavy atom. The minimum absolute atomic E-state index is 0.984. The van der Waals surface area contributed by atoms with Crippen LogP contribution in [0.3, 0.4) is 0 Å². The van der Waals surface area contributed by atoms with E-state index in [0.29, 0.717) is 0 Å². The van der Waals surface area contributed by atoms with Crippen molar-refractivity contribution < 1.29 is 0 Å². The van der Waals surface area contributed by atoms with E-state index in [1.165, 1.54) is 27.8 Å². The van der Waals surface area contributed by atoms with Gasteiger partial charge >= 0.3 is 0 Å². The van der Waals surface area contributed by atoms with Crippen molar-refractivity contribution in [2.45, 2.75) is 20.8 Å². The molecule has 0 aliphatic heterocycles. The summed E-state index contributed by atoms with van der Waals surface area (Å²) >= 11 is 0. The Bertz CT molecular complexity index is 853. The molecule has 3 heteroatoms. The number of anilines is 1. The molecule has 3 rings (SSSR count). The first-order chi connectivity index (χ1) is 11.7. The minimum atomic E-state index is 0.984. The van der Waals surface area contributed by atoms with Crippen LogP contribution >= 0.6 is 0 Å². The van der Waals surface area contributed by atoms with Crippen molar-refractivity contribution in [2.75, 3.05) is 18.0 Å². The summed E-state index contributed by atoms with van der Waals surface area (Å²) in [6.45, 7) is 8.55. The van der Waals surface area contributed by atoms with Gasteiger partial charge < -0.3 is 9.47 Å². The fourth-order valence-corrected chi connectivity index (χ4v) is 3.19. The zero-order chi connectivity index (χ0) is 17.1. The molecule has 0 atom stereocenters. The average molecular weight is 319 g/mol. The largest absolute Gasteiger partial charge is 0.372 e. The fraction of sp³-hybridized carbons (Fsp3) is 0.286. The van der Waals surface area contributed by atoms with E-state index in [1.54, 1.807) is 0 Å². The molecule has 0 bridgehead atoms. The van der Waals surface area contributed by atoms with Gasteiger partial charge in [-0.05, 0) is 51.1 Å². The molecule has 1 heterocycles. The van der Waals surface area contributed by atoms with E-state index in [-0.39, 0.29) is 0 Å². The summed E-state index contributed by atoms with van der Waals surface area (Å²) in [7, 11) is 2.11. The van der Waals surface area contributed by atoms with E-state index < -0.39 is 0 Å². The van der Waals surface area contributed by atoms with E-state index in [9.17, 15) is 0 Å². The predicted octanol–water partition coefficient (Wildman–Crippen LogP) is 5.08. The van der Waals surface area contributed by atoms with E-state index in [2.05, 4.69) is 85.8 Å². The first-order valence-corrected chi connectivity index (χ1v) is 8.58. The number of aryl methyl sites for hydroxylation is 1. The predicted molar refractivity (Wildman–Crippen MR) is 105 cm³/mol. The van der Waals surface area contributed by atoms with E-state index in [1.807, 2.05) is 6.21 Å². The van der Waals surface area contributed by atoms with Crippen molar-refractivity contribution in [3.05, 3.63) is 59.8 Å². The molecule has 0 N–H and O–H groups in total. The van der Waals surface area contributed by atoms with Gasteiger partial charge in [0.25, 0.3) is 0 Å². The fourth-order valence-electron chi connectivity index (χ4n) is 3.19. The average Bonchev–Trinajstić information content (AvgIpc) is 2.87. The van der Waals surface area contributed by atoms with Crippen LogP contribution in [-0.4, -0.2) is 23.9 Å². The number of benzene rings is 2. The summed E-state index contributed by atoms with van der Waals surface area (Å²) in [5.74, 6) is 0. The molecule has 24 heavy (non-hydrogen) atoms. The second-order valence-corrected chi connectivity index (χ2v) is 6.02. The molecule has 0 aliphatic carbocycles. The molecule has 3 nitrogen and oxygen atoms in total. The quantitative estimate of drug-likeness (QED) is 0.600. The van der Waals surface area contributed by atoms with Gasteiger partial charge in [0.15, 0.2) is 0 Å². The van der Waals surface area contributed by atoms with Crippen LogP contribution in [0.15, 0.2) is 53.5 Å². The lowest BCUT2D eigenvalue weighted by atomic mass is 10.1. The van der Waals surface area contributed by atoms with Gasteiger partial charge in [-0.15, -0.1) is 0 Å². The van der Waals surface area contributed by atoms with Gasteiger partial charge in [0.05, 0.1) is 5.69 Å². The Labute approximate surface area is 144 Å². The van der Waals surface area contributed by atoms with Crippen LogP contribution in [-0.2, 0) is 7.05 Å². The van der Waals surface area contributed by atoms with E-state index in [0.717, 1.165) is 18.8 Å². The maximum Gasteiger partial charge on any atom is 0.0631 e. The molecule has 3 aromatic rings. The minimum Gasteiger partial charge on any atom is -0.372 e. The highest BCUT2D eigenvalue weighted by atomic mass is 15.1. The Kier molecular flexibility index (Phi) is 4.70. The Balaban J connectivity index is 1.90. The Morgan fingerprint density at radius 1 is 1.00 bits per heavy atom. The molecule has 0 spiro atoms. The molecule has 0 radical (unpaired) electrons. The number of aromatic nitrogens is 1. The Morgan fingerprint density at radius 3 is 2.33 bits per heavy atom. The third-order valence-corrected chi connectivity index (χ3v) is 4.77. The number of hydrogen-bond acceptors (Lipinski definition) is 2. The lowest BCUT2D eigenvalue weighted by Gasteiger charge is -2.20. The third-order valence-electron chi connectivity index (χ3n) is 4.77. The van der Waals surface area contributed by atoms with Gasteiger partial charge in [-0.1, -0.05) is 18.2 Å². The second kappa shape index (κ2) is 6.91. The zero-order valence-electron chi connectivity index (χ0n) is 15.0. The molecular weight excluding hydrogens is 294 g/mol. The van der Waals surface area contributed by atoms with Crippen LogP contribution in [0.5, 0.6) is 0 Å². The standard InChI is InChI=1S/C21H25N3/c1-5-24(6-2)18-13-11-17(12-14-18)22-15-20-16(3)23(4)21-10-8-7-9-19(20)21/h7-15H,5-6H2,1-4H3. The van der Waals surface area contributed by atoms with Gasteiger partial charge in [0, 0.05) is 54.2 Å². The maximum absolute atomic E-state index is 4.70. The van der Waals surface area contributed by atoms with Crippen LogP contribution in [0.1, 0.15) is 25.1 Å². The molecule has 0 amide bonds. The van der Waals surface area contributed by atoms with Gasteiger partial charge in [-0.2, -0.15) is 0 Å². The number of hydrogen-bond donors (Lipinski definition) is 0. The molecule has 0 saturated carbocycles. The number of aliphatic imine (C=N–C) groups is 1. The summed E-state index contributed by atoms with van der Waals surface area (Å²) in [6, 6.07) is 16.9. The molecule has 124 valence electrons. The number of para-hydroxylation sites is 1. The molecular formula is C21H25N3. The summed E-state index contributed by atoms with van der Waals surface area (Å²) in [5.41, 5.74) is 5.91. The topological polar surface area (TPSA) is 20.5 Å². The summed E-state index contributed by atoms with van der Waals surface area (Å²) in [4.78, 5) is 7.03. The highest BCUT2D eigenvalue weighted by molar-refractivity contribution is 6.01. The lowest BCUT2D eigenvalue weighted by molar-refractivity contribution is 0.866. The van der Waals surface area contributed by atoms with Gasteiger partial charge in [-0.25, -0.2) is 0 Å². The van der Waals surface area contributed by atoms with Crippen LogP contribution in [0.25, 0.3) is 10.9 Å². The third kappa shape index (κ3) is 2.94. The summed E-state index contributed by atoms with van der Waals surface area (Å²) < 4.78 is 2.22. The Hall–Kier alpha value is -2.55. The SMILES string of the molecule is CCN(CC)c1ccc(N=Cc2c(C)n(C)c3ccccc23)cc1. The summed E-state index contributed by atoms with van der Waals surface area (Å²) in [6.07, 6.45) is 1.99. The van der Waals surface area contributed by atoms with E-state index in [4.69, 9.17) is 4.99 Å². The molecule has 0 aliphatic rings. The highest BCUT2D eigenvalue weighted by Crippen LogP contribution is 2.25. The number of fused-ring (bicyclic) bond motifs is 1. The maximum atomic E-state index is 4.70. The zero-order valence-corrected chi connectivity index (χ0v) is 15.0. The van der Waals surface area contributed by atoms with Crippen LogP contribution in [0.4, 0.5) is 11.4 Å². The molecule has 0 unspecified atom stereocenters. The van der Waals surface area contributed by atoms with Crippen molar-refractivity contribution in [1.82, 2.24) is 4.57 Å². The molecule has 0 saturated heterocycles. The molecule has 0 fully saturated rings. The molecule has 1 aromatic heterocycles. The van der Waals surface area contributed by atoms with Crippen LogP contribution < -0.4 is 4.90 Å². The van der Waals surface area contributed by atoms with Gasteiger partial charge in [-0.3, -0.25) is 4.99 Å². The van der Waals surface area contributed by atoms with Crippen LogP contribution in [0, 0.1) is 6.92 Å². The number of rotatable bonds is 5. The first kappa shape index (κ1) is 16.3. The monoisotopic (exact) mass is 319 g/mol. The van der Waals surface area contributed by atoms with Gasteiger partial charge in [0.1, 0.15) is 0 Å². The van der Waals surface area contributed by atoms with Crippen molar-refractivity contribution >= 4 is 28.5 Å². The van der Waals surface area contributed by atoms with Crippen LogP contribution in [0.2, 0.25) is 0 Å². The first-order valence-electron chi connectivity index (χ1n) is 8.58. The second-order valence-electron chi connectivity index (χ2n) is 6.02. The normalized spacial score (nSPS) is 11.5. The molecule has 2 aromatic carbocycles. The van der Waals surface area contributed by atoms with Crippen molar-refractivity contribution in [1.29, 1.82) is 0 Å². The highest BCUT2D eigenvalue weighted by Gasteiger charge is 2.09. The van der Waals surface area contributed by atoms with E-state index >= 15 is 0 Å². The lowest BCUT2D eigenvalue weighted by Crippen LogP contribution is -2.21. The van der Waals surface area contributed by atoms with Gasteiger partial charge in [0.2, 0.25) is 0 Å².